The topological polar surface area (TPSA) is 96.5 Å². The molecule has 2 rings (SSSR count). The highest BCUT2D eigenvalue weighted by Gasteiger charge is 2.24. The molecule has 1 heterocycles. The van der Waals surface area contributed by atoms with Crippen LogP contribution in [0.1, 0.15) is 17.3 Å². The van der Waals surface area contributed by atoms with Gasteiger partial charge in [0.2, 0.25) is 0 Å². The molecule has 0 bridgehead atoms. The fourth-order valence-corrected chi connectivity index (χ4v) is 1.90. The zero-order valence-electron chi connectivity index (χ0n) is 11.2. The molecule has 0 saturated carbocycles. The number of carbonyl (C=O) groups is 2. The molecule has 0 radical (unpaired) electrons. The van der Waals surface area contributed by atoms with Gasteiger partial charge in [0.15, 0.2) is 0 Å². The first-order chi connectivity index (χ1) is 9.43. The third kappa shape index (κ3) is 2.27. The third-order valence-electron chi connectivity index (χ3n) is 3.29. The Hall–Kier alpha value is -2.63. The number of benzene rings is 1. The van der Waals surface area contributed by atoms with Crippen LogP contribution in [0.2, 0.25) is 0 Å². The van der Waals surface area contributed by atoms with Crippen molar-refractivity contribution in [2.24, 2.45) is 0 Å². The molecule has 1 aromatic heterocycles. The zero-order chi connectivity index (χ0) is 14.9. The molecule has 6 heteroatoms. The normalized spacial score (nSPS) is 12.1. The Morgan fingerprint density at radius 3 is 2.70 bits per heavy atom. The number of amides is 1. The lowest BCUT2D eigenvalue weighted by molar-refractivity contribution is -0.141. The molecule has 1 atom stereocenters. The van der Waals surface area contributed by atoms with Crippen molar-refractivity contribution in [3.63, 3.8) is 0 Å². The van der Waals surface area contributed by atoms with Gasteiger partial charge < -0.3 is 15.7 Å². The monoisotopic (exact) mass is 273 g/mol. The van der Waals surface area contributed by atoms with E-state index in [9.17, 15) is 9.59 Å². The molecule has 104 valence electrons. The van der Waals surface area contributed by atoms with Gasteiger partial charge in [-0.05, 0) is 31.2 Å². The molecule has 1 aromatic carbocycles. The quantitative estimate of drug-likeness (QED) is 0.823. The Balaban J connectivity index is 2.51. The molecule has 0 fully saturated rings. The molecule has 0 unspecified atom stereocenters. The number of rotatable bonds is 3. The standard InChI is InChI=1S/C14H15N3O3/c1-8(14(19)20)17(2)13(18)10-5-6-11(15)9-4-3-7-16-12(9)10/h3-8H,15H2,1-2H3,(H,19,20)/t8-/m0/s1. The van der Waals surface area contributed by atoms with Crippen LogP contribution in [-0.4, -0.2) is 40.0 Å². The lowest BCUT2D eigenvalue weighted by atomic mass is 10.1. The van der Waals surface area contributed by atoms with E-state index in [0.717, 1.165) is 0 Å². The van der Waals surface area contributed by atoms with Gasteiger partial charge in [0, 0.05) is 24.3 Å². The van der Waals surface area contributed by atoms with Crippen LogP contribution in [-0.2, 0) is 4.79 Å². The lowest BCUT2D eigenvalue weighted by Gasteiger charge is -2.22. The zero-order valence-corrected chi connectivity index (χ0v) is 11.2. The van der Waals surface area contributed by atoms with Crippen LogP contribution >= 0.6 is 0 Å². The highest BCUT2D eigenvalue weighted by atomic mass is 16.4. The molecule has 2 aromatic rings. The summed E-state index contributed by atoms with van der Waals surface area (Å²) < 4.78 is 0. The number of hydrogen-bond acceptors (Lipinski definition) is 4. The van der Waals surface area contributed by atoms with Crippen LogP contribution in [0.4, 0.5) is 5.69 Å². The summed E-state index contributed by atoms with van der Waals surface area (Å²) in [5, 5.41) is 9.65. The van der Waals surface area contributed by atoms with E-state index >= 15 is 0 Å². The Morgan fingerprint density at radius 1 is 1.35 bits per heavy atom. The van der Waals surface area contributed by atoms with Gasteiger partial charge in [-0.1, -0.05) is 0 Å². The van der Waals surface area contributed by atoms with E-state index in [-0.39, 0.29) is 0 Å². The fraction of sp³-hybridized carbons (Fsp3) is 0.214. The van der Waals surface area contributed by atoms with Crippen molar-refractivity contribution >= 4 is 28.5 Å². The van der Waals surface area contributed by atoms with Gasteiger partial charge in [-0.15, -0.1) is 0 Å². The maximum absolute atomic E-state index is 12.4. The number of likely N-dealkylation sites (N-methyl/N-ethyl adjacent to an activating group) is 1. The average molecular weight is 273 g/mol. The van der Waals surface area contributed by atoms with Gasteiger partial charge in [-0.25, -0.2) is 4.79 Å². The minimum Gasteiger partial charge on any atom is -0.480 e. The van der Waals surface area contributed by atoms with Crippen LogP contribution in [0.25, 0.3) is 10.9 Å². The van der Waals surface area contributed by atoms with E-state index in [4.69, 9.17) is 10.8 Å². The molecule has 0 aliphatic carbocycles. The minimum atomic E-state index is -1.06. The summed E-state index contributed by atoms with van der Waals surface area (Å²) >= 11 is 0. The highest BCUT2D eigenvalue weighted by molar-refractivity contribution is 6.08. The molecular weight excluding hydrogens is 258 g/mol. The van der Waals surface area contributed by atoms with Crippen molar-refractivity contribution in [1.29, 1.82) is 0 Å². The van der Waals surface area contributed by atoms with E-state index in [1.54, 1.807) is 30.5 Å². The van der Waals surface area contributed by atoms with E-state index < -0.39 is 17.9 Å². The molecule has 6 nitrogen and oxygen atoms in total. The number of carboxylic acids is 1. The van der Waals surface area contributed by atoms with Crippen molar-refractivity contribution in [1.82, 2.24) is 9.88 Å². The number of anilines is 1. The first-order valence-corrected chi connectivity index (χ1v) is 6.06. The highest BCUT2D eigenvalue weighted by Crippen LogP contribution is 2.23. The van der Waals surface area contributed by atoms with Gasteiger partial charge in [0.25, 0.3) is 5.91 Å². The Bertz CT molecular complexity index is 684. The first kappa shape index (κ1) is 13.8. The number of carboxylic acid groups (broad SMARTS) is 1. The van der Waals surface area contributed by atoms with Crippen molar-refractivity contribution < 1.29 is 14.7 Å². The SMILES string of the molecule is C[C@@H](C(=O)O)N(C)C(=O)c1ccc(N)c2cccnc12. The molecular formula is C14H15N3O3. The molecule has 20 heavy (non-hydrogen) atoms. The van der Waals surface area contributed by atoms with Crippen LogP contribution in [0.3, 0.4) is 0 Å². The summed E-state index contributed by atoms with van der Waals surface area (Å²) in [7, 11) is 1.45. The third-order valence-corrected chi connectivity index (χ3v) is 3.29. The number of nitrogens with zero attached hydrogens (tertiary/aromatic N) is 2. The number of fused-ring (bicyclic) bond motifs is 1. The molecule has 0 aliphatic rings. The summed E-state index contributed by atoms with van der Waals surface area (Å²) in [6.07, 6.45) is 1.57. The van der Waals surface area contributed by atoms with E-state index in [0.29, 0.717) is 22.2 Å². The van der Waals surface area contributed by atoms with Gasteiger partial charge >= 0.3 is 5.97 Å². The second kappa shape index (κ2) is 5.16. The minimum absolute atomic E-state index is 0.338. The number of aliphatic carboxylic acids is 1. The van der Waals surface area contributed by atoms with Gasteiger partial charge in [-0.2, -0.15) is 0 Å². The maximum atomic E-state index is 12.4. The second-order valence-electron chi connectivity index (χ2n) is 4.53. The van der Waals surface area contributed by atoms with Crippen LogP contribution in [0, 0.1) is 0 Å². The second-order valence-corrected chi connectivity index (χ2v) is 4.53. The number of carbonyl (C=O) groups excluding carboxylic acids is 1. The van der Waals surface area contributed by atoms with Crippen molar-refractivity contribution in [2.45, 2.75) is 13.0 Å². The van der Waals surface area contributed by atoms with E-state index in [2.05, 4.69) is 4.98 Å². The van der Waals surface area contributed by atoms with E-state index in [1.165, 1.54) is 18.9 Å². The van der Waals surface area contributed by atoms with E-state index in [1.807, 2.05) is 0 Å². The average Bonchev–Trinajstić information content (AvgIpc) is 2.45. The Labute approximate surface area is 115 Å². The largest absolute Gasteiger partial charge is 0.480 e. The Kier molecular flexibility index (Phi) is 3.56. The predicted octanol–water partition coefficient (Wildman–Crippen LogP) is 1.36. The number of hydrogen-bond donors (Lipinski definition) is 2. The molecule has 0 spiro atoms. The summed E-state index contributed by atoms with van der Waals surface area (Å²) in [6.45, 7) is 1.45. The number of nitrogens with two attached hydrogens (primary N) is 1. The number of nitrogen functional groups attached to an aromatic ring is 1. The summed E-state index contributed by atoms with van der Waals surface area (Å²) in [6, 6.07) is 5.78. The van der Waals surface area contributed by atoms with Gasteiger partial charge in [-0.3, -0.25) is 9.78 Å². The number of pyridine rings is 1. The van der Waals surface area contributed by atoms with Gasteiger partial charge in [0.1, 0.15) is 6.04 Å². The molecule has 1 amide bonds. The maximum Gasteiger partial charge on any atom is 0.326 e. The molecule has 3 N–H and O–H groups in total. The molecule has 0 saturated heterocycles. The van der Waals surface area contributed by atoms with Crippen molar-refractivity contribution in [2.75, 3.05) is 12.8 Å². The van der Waals surface area contributed by atoms with Crippen molar-refractivity contribution in [3.8, 4) is 0 Å². The lowest BCUT2D eigenvalue weighted by Crippen LogP contribution is -2.40. The summed E-state index contributed by atoms with van der Waals surface area (Å²) in [5.74, 6) is -1.46. The number of aromatic nitrogens is 1. The summed E-state index contributed by atoms with van der Waals surface area (Å²) in [5.41, 5.74) is 7.19. The van der Waals surface area contributed by atoms with Crippen LogP contribution in [0.15, 0.2) is 30.5 Å². The van der Waals surface area contributed by atoms with Crippen LogP contribution < -0.4 is 5.73 Å². The first-order valence-electron chi connectivity index (χ1n) is 6.06. The fourth-order valence-electron chi connectivity index (χ4n) is 1.90. The smallest absolute Gasteiger partial charge is 0.326 e. The Morgan fingerprint density at radius 2 is 2.05 bits per heavy atom. The summed E-state index contributed by atoms with van der Waals surface area (Å²) in [4.78, 5) is 28.7. The van der Waals surface area contributed by atoms with Crippen molar-refractivity contribution in [3.05, 3.63) is 36.0 Å². The predicted molar refractivity (Wildman–Crippen MR) is 75.3 cm³/mol. The van der Waals surface area contributed by atoms with Crippen LogP contribution in [0.5, 0.6) is 0 Å². The van der Waals surface area contributed by atoms with Gasteiger partial charge in [0.05, 0.1) is 11.1 Å². The molecule has 0 aliphatic heterocycles.